The standard InChI is InChI=1S/C12H16N4O3S/c1-17-7-4-6(5-8(18-2)9(7)19-3)10-14-11(13)16-12(20)15-10/h4-5,10H,1-3H3,(H4,13,14,15,16,20)/t10-/m1/s1. The van der Waals surface area contributed by atoms with Gasteiger partial charge >= 0.3 is 0 Å². The molecule has 0 saturated heterocycles. The minimum absolute atomic E-state index is 0.257. The van der Waals surface area contributed by atoms with Crippen molar-refractivity contribution in [2.75, 3.05) is 21.3 Å². The molecule has 108 valence electrons. The lowest BCUT2D eigenvalue weighted by molar-refractivity contribution is 0.323. The molecule has 0 aliphatic carbocycles. The number of nitrogens with one attached hydrogen (secondary N) is 2. The first-order valence-corrected chi connectivity index (χ1v) is 6.20. The van der Waals surface area contributed by atoms with Crippen LogP contribution in [0.3, 0.4) is 0 Å². The summed E-state index contributed by atoms with van der Waals surface area (Å²) in [5.41, 5.74) is 6.47. The Hall–Kier alpha value is -2.22. The molecule has 20 heavy (non-hydrogen) atoms. The van der Waals surface area contributed by atoms with Crippen molar-refractivity contribution in [3.63, 3.8) is 0 Å². The number of hydrogen-bond donors (Lipinski definition) is 3. The largest absolute Gasteiger partial charge is 0.493 e. The number of guanidine groups is 1. The van der Waals surface area contributed by atoms with Gasteiger partial charge in [-0.1, -0.05) is 0 Å². The van der Waals surface area contributed by atoms with E-state index in [0.717, 1.165) is 5.56 Å². The van der Waals surface area contributed by atoms with E-state index < -0.39 is 6.17 Å². The van der Waals surface area contributed by atoms with E-state index >= 15 is 0 Å². The Balaban J connectivity index is 2.47. The van der Waals surface area contributed by atoms with Gasteiger partial charge in [0.15, 0.2) is 28.7 Å². The van der Waals surface area contributed by atoms with Crippen LogP contribution in [-0.4, -0.2) is 32.4 Å². The molecule has 2 rings (SSSR count). The number of methoxy groups -OCH3 is 3. The molecule has 0 fully saturated rings. The molecule has 1 aromatic rings. The van der Waals surface area contributed by atoms with Gasteiger partial charge in [0.25, 0.3) is 0 Å². The summed E-state index contributed by atoms with van der Waals surface area (Å²) in [7, 11) is 4.66. The second-order valence-electron chi connectivity index (χ2n) is 3.97. The summed E-state index contributed by atoms with van der Waals surface area (Å²) in [5, 5.41) is 6.14. The third-order valence-corrected chi connectivity index (χ3v) is 3.00. The second-order valence-corrected chi connectivity index (χ2v) is 4.38. The van der Waals surface area contributed by atoms with Crippen molar-refractivity contribution in [2.24, 2.45) is 10.7 Å². The Morgan fingerprint density at radius 2 is 1.75 bits per heavy atom. The van der Waals surface area contributed by atoms with Gasteiger partial charge in [0.05, 0.1) is 21.3 Å². The fourth-order valence-electron chi connectivity index (χ4n) is 1.90. The van der Waals surface area contributed by atoms with Crippen molar-refractivity contribution in [2.45, 2.75) is 6.17 Å². The Morgan fingerprint density at radius 3 is 2.20 bits per heavy atom. The molecular formula is C12H16N4O3S. The highest BCUT2D eigenvalue weighted by Crippen LogP contribution is 2.39. The summed E-state index contributed by atoms with van der Waals surface area (Å²) in [6.07, 6.45) is -0.405. The molecule has 1 aliphatic rings. The summed E-state index contributed by atoms with van der Waals surface area (Å²) in [5.74, 6) is 1.86. The van der Waals surface area contributed by atoms with Gasteiger partial charge in [-0.2, -0.15) is 0 Å². The van der Waals surface area contributed by atoms with E-state index in [2.05, 4.69) is 15.6 Å². The second kappa shape index (κ2) is 5.83. The first-order chi connectivity index (χ1) is 9.58. The molecule has 7 nitrogen and oxygen atoms in total. The first kappa shape index (κ1) is 14.2. The minimum Gasteiger partial charge on any atom is -0.493 e. The van der Waals surface area contributed by atoms with E-state index in [0.29, 0.717) is 22.4 Å². The van der Waals surface area contributed by atoms with E-state index in [9.17, 15) is 0 Å². The molecule has 1 heterocycles. The van der Waals surface area contributed by atoms with Crippen LogP contribution in [0.2, 0.25) is 0 Å². The zero-order valence-corrected chi connectivity index (χ0v) is 12.2. The van der Waals surface area contributed by atoms with Crippen molar-refractivity contribution in [3.8, 4) is 17.2 Å². The summed E-state index contributed by atoms with van der Waals surface area (Å²) < 4.78 is 15.9. The van der Waals surface area contributed by atoms with Gasteiger partial charge in [0.1, 0.15) is 0 Å². The maximum atomic E-state index is 5.67. The highest BCUT2D eigenvalue weighted by molar-refractivity contribution is 7.80. The molecule has 0 aromatic heterocycles. The van der Waals surface area contributed by atoms with Gasteiger partial charge in [0, 0.05) is 5.56 Å². The number of nitrogens with zero attached hydrogens (tertiary/aromatic N) is 1. The maximum absolute atomic E-state index is 5.67. The van der Waals surface area contributed by atoms with E-state index in [1.165, 1.54) is 0 Å². The molecule has 4 N–H and O–H groups in total. The average molecular weight is 296 g/mol. The monoisotopic (exact) mass is 296 g/mol. The first-order valence-electron chi connectivity index (χ1n) is 5.79. The highest BCUT2D eigenvalue weighted by Gasteiger charge is 2.21. The van der Waals surface area contributed by atoms with Gasteiger partial charge in [-0.05, 0) is 24.4 Å². The smallest absolute Gasteiger partial charge is 0.203 e. The molecule has 0 amide bonds. The Bertz CT molecular complexity index is 537. The van der Waals surface area contributed by atoms with Crippen molar-refractivity contribution in [1.82, 2.24) is 10.6 Å². The lowest BCUT2D eigenvalue weighted by atomic mass is 10.1. The molecule has 0 saturated carbocycles. The molecule has 0 radical (unpaired) electrons. The number of ether oxygens (including phenoxy) is 3. The fraction of sp³-hybridized carbons (Fsp3) is 0.333. The predicted molar refractivity (Wildman–Crippen MR) is 79.3 cm³/mol. The van der Waals surface area contributed by atoms with Crippen LogP contribution >= 0.6 is 12.2 Å². The number of rotatable bonds is 4. The van der Waals surface area contributed by atoms with E-state index in [4.69, 9.17) is 32.2 Å². The van der Waals surface area contributed by atoms with Crippen LogP contribution in [0.5, 0.6) is 17.2 Å². The highest BCUT2D eigenvalue weighted by atomic mass is 32.1. The van der Waals surface area contributed by atoms with Gasteiger partial charge in [-0.25, -0.2) is 4.99 Å². The average Bonchev–Trinajstić information content (AvgIpc) is 2.44. The summed E-state index contributed by atoms with van der Waals surface area (Å²) in [6.45, 7) is 0. The predicted octanol–water partition coefficient (Wildman–Crippen LogP) is 0.503. The van der Waals surface area contributed by atoms with E-state index in [1.807, 2.05) is 0 Å². The molecule has 8 heteroatoms. The van der Waals surface area contributed by atoms with Crippen LogP contribution < -0.4 is 30.6 Å². The number of benzene rings is 1. The number of aliphatic imine (C=N–C) groups is 1. The van der Waals surface area contributed by atoms with Gasteiger partial charge in [0.2, 0.25) is 5.75 Å². The molecule has 0 spiro atoms. The SMILES string of the molecule is COc1cc([C@@H]2N=C(N)NC(=S)N2)cc(OC)c1OC. The van der Waals surface area contributed by atoms with Crippen LogP contribution in [0.1, 0.15) is 11.7 Å². The molecule has 1 aliphatic heterocycles. The Labute approximate surface area is 122 Å². The summed E-state index contributed by atoms with van der Waals surface area (Å²) in [4.78, 5) is 4.24. The number of thiocarbonyl (C=S) groups is 1. The van der Waals surface area contributed by atoms with Crippen molar-refractivity contribution in [3.05, 3.63) is 17.7 Å². The Morgan fingerprint density at radius 1 is 1.15 bits per heavy atom. The topological polar surface area (TPSA) is 90.1 Å². The molecule has 0 bridgehead atoms. The molecule has 1 atom stereocenters. The summed E-state index contributed by atoms with van der Waals surface area (Å²) in [6, 6.07) is 3.59. The zero-order chi connectivity index (χ0) is 14.7. The van der Waals surface area contributed by atoms with Crippen LogP contribution in [0.15, 0.2) is 17.1 Å². The molecular weight excluding hydrogens is 280 g/mol. The normalized spacial score (nSPS) is 17.6. The van der Waals surface area contributed by atoms with Gasteiger partial charge < -0.3 is 30.6 Å². The van der Waals surface area contributed by atoms with Crippen molar-refractivity contribution >= 4 is 23.3 Å². The number of nitrogens with two attached hydrogens (primary N) is 1. The minimum atomic E-state index is -0.405. The molecule has 1 aromatic carbocycles. The summed E-state index contributed by atoms with van der Waals surface area (Å²) >= 11 is 5.06. The van der Waals surface area contributed by atoms with Gasteiger partial charge in [-0.3, -0.25) is 0 Å². The van der Waals surface area contributed by atoms with E-state index in [1.54, 1.807) is 33.5 Å². The number of hydrogen-bond acceptors (Lipinski definition) is 6. The van der Waals surface area contributed by atoms with Crippen LogP contribution in [0.4, 0.5) is 0 Å². The maximum Gasteiger partial charge on any atom is 0.203 e. The fourth-order valence-corrected chi connectivity index (χ4v) is 2.11. The third-order valence-electron chi connectivity index (χ3n) is 2.78. The van der Waals surface area contributed by atoms with Crippen molar-refractivity contribution < 1.29 is 14.2 Å². The quantitative estimate of drug-likeness (QED) is 0.697. The third kappa shape index (κ3) is 2.69. The van der Waals surface area contributed by atoms with E-state index in [-0.39, 0.29) is 5.96 Å². The van der Waals surface area contributed by atoms with Crippen molar-refractivity contribution in [1.29, 1.82) is 0 Å². The lowest BCUT2D eigenvalue weighted by Crippen LogP contribution is -2.49. The Kier molecular flexibility index (Phi) is 4.14. The van der Waals surface area contributed by atoms with Gasteiger partial charge in [-0.15, -0.1) is 0 Å². The zero-order valence-electron chi connectivity index (χ0n) is 11.4. The van der Waals surface area contributed by atoms with Crippen LogP contribution in [0.25, 0.3) is 0 Å². The molecule has 0 unspecified atom stereocenters. The van der Waals surface area contributed by atoms with Crippen LogP contribution in [0, 0.1) is 0 Å². The van der Waals surface area contributed by atoms with Crippen LogP contribution in [-0.2, 0) is 0 Å². The lowest BCUT2D eigenvalue weighted by Gasteiger charge is -2.24.